The van der Waals surface area contributed by atoms with Crippen LogP contribution in [0, 0.1) is 0 Å². The van der Waals surface area contributed by atoms with E-state index >= 15 is 0 Å². The summed E-state index contributed by atoms with van der Waals surface area (Å²) in [6.07, 6.45) is 9.64. The second kappa shape index (κ2) is 3.79. The highest BCUT2D eigenvalue weighted by atomic mass is 16.1. The molecule has 0 fully saturated rings. The molecule has 92 valence electrons. The third kappa shape index (κ3) is 1.45. The van der Waals surface area contributed by atoms with Gasteiger partial charge >= 0.3 is 0 Å². The molecule has 0 saturated carbocycles. The average molecular weight is 248 g/mol. The van der Waals surface area contributed by atoms with E-state index in [1.165, 1.54) is 0 Å². The summed E-state index contributed by atoms with van der Waals surface area (Å²) in [6.45, 7) is 0. The molecule has 3 heteroatoms. The van der Waals surface area contributed by atoms with Gasteiger partial charge in [0.05, 0.1) is 17.4 Å². The van der Waals surface area contributed by atoms with Gasteiger partial charge < -0.3 is 4.57 Å². The number of aromatic nitrogens is 2. The van der Waals surface area contributed by atoms with E-state index in [9.17, 15) is 4.79 Å². The fourth-order valence-electron chi connectivity index (χ4n) is 2.74. The van der Waals surface area contributed by atoms with Crippen molar-refractivity contribution in [2.75, 3.05) is 0 Å². The number of hydrogen-bond acceptors (Lipinski definition) is 2. The molecule has 0 saturated heterocycles. The molecule has 19 heavy (non-hydrogen) atoms. The first-order chi connectivity index (χ1) is 9.34. The van der Waals surface area contributed by atoms with Gasteiger partial charge in [-0.1, -0.05) is 24.3 Å². The molecule has 1 aromatic carbocycles. The van der Waals surface area contributed by atoms with Crippen LogP contribution in [-0.2, 0) is 6.42 Å². The summed E-state index contributed by atoms with van der Waals surface area (Å²) in [4.78, 5) is 16.8. The Morgan fingerprint density at radius 1 is 1.21 bits per heavy atom. The lowest BCUT2D eigenvalue weighted by Gasteiger charge is -2.06. The Bertz CT molecular complexity index is 845. The molecule has 0 bridgehead atoms. The molecule has 1 aromatic rings. The fraction of sp³-hybridized carbons (Fsp3) is 0.125. The van der Waals surface area contributed by atoms with Crippen molar-refractivity contribution in [3.8, 4) is 5.69 Å². The van der Waals surface area contributed by atoms with E-state index in [-0.39, 0.29) is 5.43 Å². The minimum Gasteiger partial charge on any atom is -0.311 e. The molecule has 0 spiro atoms. The molecule has 3 nitrogen and oxygen atoms in total. The van der Waals surface area contributed by atoms with Crippen molar-refractivity contribution >= 4 is 17.0 Å². The van der Waals surface area contributed by atoms with E-state index in [2.05, 4.69) is 11.1 Å². The van der Waals surface area contributed by atoms with Gasteiger partial charge in [0, 0.05) is 17.1 Å². The molecule has 0 amide bonds. The summed E-state index contributed by atoms with van der Waals surface area (Å²) in [5, 5.41) is 1.04. The first-order valence-electron chi connectivity index (χ1n) is 6.43. The standard InChI is InChI=1S/C16H12N2O/c19-16-12-6-2-4-8-14(12)18-10-11-5-1-3-7-13(11)17-9-15(16)18/h1,3-5,7-10H,2,6H2. The molecule has 3 aliphatic rings. The maximum Gasteiger partial charge on any atom is 0.209 e. The topological polar surface area (TPSA) is 34.9 Å². The molecule has 0 atom stereocenters. The van der Waals surface area contributed by atoms with Gasteiger partial charge in [-0.2, -0.15) is 0 Å². The van der Waals surface area contributed by atoms with Crippen molar-refractivity contribution in [2.24, 2.45) is 0 Å². The van der Waals surface area contributed by atoms with Crippen LogP contribution in [0.2, 0.25) is 0 Å². The molecule has 4 rings (SSSR count). The van der Waals surface area contributed by atoms with Crippen LogP contribution in [0.1, 0.15) is 17.7 Å². The van der Waals surface area contributed by atoms with Gasteiger partial charge in [-0.25, -0.2) is 0 Å². The molecule has 0 N–H and O–H groups in total. The Hall–Kier alpha value is -2.42. The molecule has 0 aromatic heterocycles. The van der Waals surface area contributed by atoms with Gasteiger partial charge in [0.1, 0.15) is 5.69 Å². The third-order valence-corrected chi connectivity index (χ3v) is 3.70. The largest absolute Gasteiger partial charge is 0.311 e. The molecule has 1 aliphatic carbocycles. The Morgan fingerprint density at radius 2 is 2.11 bits per heavy atom. The molecule has 0 unspecified atom stereocenters. The van der Waals surface area contributed by atoms with E-state index in [0.29, 0.717) is 5.69 Å². The van der Waals surface area contributed by atoms with Crippen LogP contribution < -0.4 is 5.43 Å². The molecule has 0 radical (unpaired) electrons. The van der Waals surface area contributed by atoms with Gasteiger partial charge in [-0.3, -0.25) is 9.78 Å². The van der Waals surface area contributed by atoms with Gasteiger partial charge in [-0.15, -0.1) is 0 Å². The van der Waals surface area contributed by atoms with Crippen LogP contribution in [0.4, 0.5) is 0 Å². The predicted octanol–water partition coefficient (Wildman–Crippen LogP) is 2.78. The summed E-state index contributed by atoms with van der Waals surface area (Å²) in [7, 11) is 0. The van der Waals surface area contributed by atoms with Crippen molar-refractivity contribution < 1.29 is 0 Å². The SMILES string of the molecule is O=c1c2cnc3ccccc3cn-2c2c1CCC=C2. The Labute approximate surface area is 110 Å². The van der Waals surface area contributed by atoms with Crippen LogP contribution in [-0.4, -0.2) is 9.55 Å². The summed E-state index contributed by atoms with van der Waals surface area (Å²) < 4.78 is 1.97. The van der Waals surface area contributed by atoms with E-state index < -0.39 is 0 Å². The third-order valence-electron chi connectivity index (χ3n) is 3.70. The minimum absolute atomic E-state index is 0.118. The van der Waals surface area contributed by atoms with E-state index in [0.717, 1.165) is 35.0 Å². The van der Waals surface area contributed by atoms with Crippen LogP contribution in [0.5, 0.6) is 0 Å². The quantitative estimate of drug-likeness (QED) is 0.613. The smallest absolute Gasteiger partial charge is 0.209 e. The minimum atomic E-state index is 0.118. The molecule has 2 heterocycles. The number of nitrogens with zero attached hydrogens (tertiary/aromatic N) is 2. The van der Waals surface area contributed by atoms with E-state index in [1.54, 1.807) is 6.20 Å². The summed E-state index contributed by atoms with van der Waals surface area (Å²) in [5.74, 6) is 0. The molecular weight excluding hydrogens is 236 g/mol. The highest BCUT2D eigenvalue weighted by Gasteiger charge is 2.20. The number of allylic oxidation sites excluding steroid dienone is 1. The predicted molar refractivity (Wildman–Crippen MR) is 75.9 cm³/mol. The zero-order valence-corrected chi connectivity index (χ0v) is 10.3. The van der Waals surface area contributed by atoms with Crippen LogP contribution >= 0.6 is 0 Å². The summed E-state index contributed by atoms with van der Waals surface area (Å²) in [6, 6.07) is 7.92. The Kier molecular flexibility index (Phi) is 2.09. The lowest BCUT2D eigenvalue weighted by Crippen LogP contribution is -2.05. The number of benzene rings is 1. The second-order valence-corrected chi connectivity index (χ2v) is 4.84. The maximum atomic E-state index is 12.4. The zero-order chi connectivity index (χ0) is 12.8. The lowest BCUT2D eigenvalue weighted by molar-refractivity contribution is 0.961. The first kappa shape index (κ1) is 10.5. The molecular formula is C16H12N2O. The van der Waals surface area contributed by atoms with Gasteiger partial charge in [-0.05, 0) is 25.0 Å². The van der Waals surface area contributed by atoms with Gasteiger partial charge in [0.15, 0.2) is 0 Å². The summed E-state index contributed by atoms with van der Waals surface area (Å²) >= 11 is 0. The van der Waals surface area contributed by atoms with Crippen LogP contribution in [0.25, 0.3) is 22.7 Å². The van der Waals surface area contributed by atoms with Crippen molar-refractivity contribution in [1.29, 1.82) is 0 Å². The highest BCUT2D eigenvalue weighted by molar-refractivity contribution is 5.78. The first-order valence-corrected chi connectivity index (χ1v) is 6.43. The Balaban J connectivity index is 2.19. The number of rotatable bonds is 0. The second-order valence-electron chi connectivity index (χ2n) is 4.84. The van der Waals surface area contributed by atoms with Crippen LogP contribution in [0.15, 0.2) is 47.5 Å². The normalized spacial score (nSPS) is 13.9. The van der Waals surface area contributed by atoms with E-state index in [1.807, 2.05) is 41.1 Å². The van der Waals surface area contributed by atoms with Gasteiger partial charge in [0.25, 0.3) is 0 Å². The maximum absolute atomic E-state index is 12.4. The highest BCUT2D eigenvalue weighted by Crippen LogP contribution is 2.23. The molecule has 2 aliphatic heterocycles. The monoisotopic (exact) mass is 248 g/mol. The Morgan fingerprint density at radius 3 is 3.05 bits per heavy atom. The zero-order valence-electron chi connectivity index (χ0n) is 10.3. The lowest BCUT2D eigenvalue weighted by atomic mass is 10.0. The van der Waals surface area contributed by atoms with Crippen molar-refractivity contribution in [2.45, 2.75) is 12.8 Å². The van der Waals surface area contributed by atoms with Gasteiger partial charge in [0.2, 0.25) is 5.43 Å². The van der Waals surface area contributed by atoms with Crippen molar-refractivity contribution in [3.05, 3.63) is 64.2 Å². The number of para-hydroxylation sites is 1. The van der Waals surface area contributed by atoms with Crippen molar-refractivity contribution in [3.63, 3.8) is 0 Å². The summed E-state index contributed by atoms with van der Waals surface area (Å²) in [5.41, 5.74) is 3.60. The van der Waals surface area contributed by atoms with Crippen molar-refractivity contribution in [1.82, 2.24) is 9.55 Å². The number of hydrogen-bond donors (Lipinski definition) is 0. The van der Waals surface area contributed by atoms with E-state index in [4.69, 9.17) is 0 Å². The van der Waals surface area contributed by atoms with Crippen LogP contribution in [0.3, 0.4) is 0 Å². The average Bonchev–Trinajstić information content (AvgIpc) is 2.63. The fourth-order valence-corrected chi connectivity index (χ4v) is 2.74. The number of fused-ring (bicyclic) bond motifs is 4.